The molecule has 3 heteroatoms. The fourth-order valence-electron chi connectivity index (χ4n) is 2.92. The Hall–Kier alpha value is -1.53. The lowest BCUT2D eigenvalue weighted by Crippen LogP contribution is -2.44. The largest absolute Gasteiger partial charge is 0.368 e. The molecule has 19 heavy (non-hydrogen) atoms. The third-order valence-electron chi connectivity index (χ3n) is 4.22. The van der Waals surface area contributed by atoms with Crippen molar-refractivity contribution >= 4 is 5.69 Å². The van der Waals surface area contributed by atoms with Gasteiger partial charge in [0.25, 0.3) is 0 Å². The van der Waals surface area contributed by atoms with Gasteiger partial charge >= 0.3 is 0 Å². The van der Waals surface area contributed by atoms with Gasteiger partial charge in [-0.2, -0.15) is 5.26 Å². The number of benzene rings is 1. The number of aryl methyl sites for hydroxylation is 1. The van der Waals surface area contributed by atoms with Gasteiger partial charge < -0.3 is 10.2 Å². The van der Waals surface area contributed by atoms with Crippen LogP contribution in [-0.4, -0.2) is 26.2 Å². The van der Waals surface area contributed by atoms with Gasteiger partial charge in [0, 0.05) is 26.2 Å². The summed E-state index contributed by atoms with van der Waals surface area (Å²) in [5.41, 5.74) is 4.74. The maximum Gasteiger partial charge on any atom is 0.102 e. The Morgan fingerprint density at radius 2 is 2.05 bits per heavy atom. The Morgan fingerprint density at radius 3 is 2.63 bits per heavy atom. The molecule has 0 atom stereocenters. The highest BCUT2D eigenvalue weighted by atomic mass is 15.2. The van der Waals surface area contributed by atoms with Gasteiger partial charge in [-0.25, -0.2) is 0 Å². The van der Waals surface area contributed by atoms with Gasteiger partial charge in [-0.3, -0.25) is 0 Å². The first-order chi connectivity index (χ1) is 9.33. The quantitative estimate of drug-likeness (QED) is 0.901. The SMILES string of the molecule is CCc1cc(C2CC2)cc(N2CCNCC2)c1C#N. The summed E-state index contributed by atoms with van der Waals surface area (Å²) in [7, 11) is 0. The predicted molar refractivity (Wildman–Crippen MR) is 77.6 cm³/mol. The Bertz CT molecular complexity index is 505. The van der Waals surface area contributed by atoms with E-state index in [9.17, 15) is 5.26 Å². The second-order valence-corrected chi connectivity index (χ2v) is 5.55. The third-order valence-corrected chi connectivity index (χ3v) is 4.22. The van der Waals surface area contributed by atoms with Crippen LogP contribution in [0, 0.1) is 11.3 Å². The Labute approximate surface area is 115 Å². The molecule has 0 radical (unpaired) electrons. The molecular formula is C16H21N3. The summed E-state index contributed by atoms with van der Waals surface area (Å²) < 4.78 is 0. The zero-order valence-electron chi connectivity index (χ0n) is 11.6. The van der Waals surface area contributed by atoms with Crippen molar-refractivity contribution in [1.29, 1.82) is 5.26 Å². The highest BCUT2D eigenvalue weighted by Gasteiger charge is 2.26. The average molecular weight is 255 g/mol. The van der Waals surface area contributed by atoms with Crippen LogP contribution in [0.4, 0.5) is 5.69 Å². The number of nitrogens with one attached hydrogen (secondary N) is 1. The minimum atomic E-state index is 0.750. The normalized spacial score (nSPS) is 19.3. The minimum Gasteiger partial charge on any atom is -0.368 e. The Kier molecular flexibility index (Phi) is 3.44. The van der Waals surface area contributed by atoms with Gasteiger partial charge in [0.2, 0.25) is 0 Å². The summed E-state index contributed by atoms with van der Waals surface area (Å²) in [6.45, 7) is 6.19. The zero-order chi connectivity index (χ0) is 13.2. The molecule has 1 heterocycles. The van der Waals surface area contributed by atoms with Crippen molar-refractivity contribution in [3.63, 3.8) is 0 Å². The molecule has 1 saturated heterocycles. The third kappa shape index (κ3) is 2.46. The molecule has 1 aromatic rings. The molecule has 3 rings (SSSR count). The van der Waals surface area contributed by atoms with Crippen LogP contribution in [0.15, 0.2) is 12.1 Å². The second kappa shape index (κ2) is 5.22. The van der Waals surface area contributed by atoms with E-state index in [-0.39, 0.29) is 0 Å². The van der Waals surface area contributed by atoms with Gasteiger partial charge in [0.1, 0.15) is 6.07 Å². The molecule has 2 aliphatic rings. The molecule has 1 N–H and O–H groups in total. The lowest BCUT2D eigenvalue weighted by molar-refractivity contribution is 0.588. The molecule has 1 aliphatic heterocycles. The predicted octanol–water partition coefficient (Wildman–Crippen LogP) is 2.41. The summed E-state index contributed by atoms with van der Waals surface area (Å²) in [5, 5.41) is 12.9. The highest BCUT2D eigenvalue weighted by molar-refractivity contribution is 5.65. The van der Waals surface area contributed by atoms with E-state index in [2.05, 4.69) is 35.3 Å². The van der Waals surface area contributed by atoms with E-state index in [1.165, 1.54) is 29.7 Å². The first kappa shape index (κ1) is 12.5. The van der Waals surface area contributed by atoms with Crippen LogP contribution in [0.1, 0.15) is 42.4 Å². The fraction of sp³-hybridized carbons (Fsp3) is 0.562. The van der Waals surface area contributed by atoms with Gasteiger partial charge in [-0.15, -0.1) is 0 Å². The molecule has 2 fully saturated rings. The summed E-state index contributed by atoms with van der Waals surface area (Å²) in [6.07, 6.45) is 3.58. The van der Waals surface area contributed by atoms with Crippen molar-refractivity contribution in [3.05, 3.63) is 28.8 Å². The molecule has 0 spiro atoms. The smallest absolute Gasteiger partial charge is 0.102 e. The summed E-state index contributed by atoms with van der Waals surface area (Å²) in [6, 6.07) is 6.98. The number of nitriles is 1. The fourth-order valence-corrected chi connectivity index (χ4v) is 2.92. The van der Waals surface area contributed by atoms with E-state index in [0.717, 1.165) is 44.1 Å². The lowest BCUT2D eigenvalue weighted by Gasteiger charge is -2.31. The van der Waals surface area contributed by atoms with Crippen LogP contribution in [0.2, 0.25) is 0 Å². The summed E-state index contributed by atoms with van der Waals surface area (Å²) in [5.74, 6) is 0.750. The van der Waals surface area contributed by atoms with Gasteiger partial charge in [-0.1, -0.05) is 13.0 Å². The Morgan fingerprint density at radius 1 is 1.32 bits per heavy atom. The molecule has 0 aromatic heterocycles. The molecule has 100 valence electrons. The molecule has 0 bridgehead atoms. The van der Waals surface area contributed by atoms with Crippen LogP contribution in [0.25, 0.3) is 0 Å². The number of rotatable bonds is 3. The van der Waals surface area contributed by atoms with E-state index in [0.29, 0.717) is 0 Å². The average Bonchev–Trinajstić information content (AvgIpc) is 3.31. The molecule has 1 saturated carbocycles. The first-order valence-corrected chi connectivity index (χ1v) is 7.36. The van der Waals surface area contributed by atoms with Crippen molar-refractivity contribution in [2.75, 3.05) is 31.1 Å². The summed E-state index contributed by atoms with van der Waals surface area (Å²) in [4.78, 5) is 2.38. The van der Waals surface area contributed by atoms with E-state index < -0.39 is 0 Å². The summed E-state index contributed by atoms with van der Waals surface area (Å²) >= 11 is 0. The molecule has 0 unspecified atom stereocenters. The maximum atomic E-state index is 9.51. The topological polar surface area (TPSA) is 39.1 Å². The van der Waals surface area contributed by atoms with Crippen LogP contribution in [0.3, 0.4) is 0 Å². The van der Waals surface area contributed by atoms with Crippen molar-refractivity contribution in [1.82, 2.24) is 5.32 Å². The van der Waals surface area contributed by atoms with Crippen LogP contribution in [-0.2, 0) is 6.42 Å². The van der Waals surface area contributed by atoms with Crippen molar-refractivity contribution in [2.24, 2.45) is 0 Å². The first-order valence-electron chi connectivity index (χ1n) is 7.36. The van der Waals surface area contributed by atoms with Crippen LogP contribution < -0.4 is 10.2 Å². The molecule has 0 amide bonds. The number of anilines is 1. The van der Waals surface area contributed by atoms with E-state index in [1.807, 2.05) is 0 Å². The van der Waals surface area contributed by atoms with Crippen LogP contribution >= 0.6 is 0 Å². The van der Waals surface area contributed by atoms with Crippen molar-refractivity contribution in [3.8, 4) is 6.07 Å². The number of hydrogen-bond donors (Lipinski definition) is 1. The van der Waals surface area contributed by atoms with Gasteiger partial charge in [0.15, 0.2) is 0 Å². The second-order valence-electron chi connectivity index (χ2n) is 5.55. The van der Waals surface area contributed by atoms with Gasteiger partial charge in [0.05, 0.1) is 11.3 Å². The lowest BCUT2D eigenvalue weighted by atomic mass is 9.97. The van der Waals surface area contributed by atoms with E-state index in [4.69, 9.17) is 0 Å². The minimum absolute atomic E-state index is 0.750. The number of nitrogens with zero attached hydrogens (tertiary/aromatic N) is 2. The molecule has 1 aliphatic carbocycles. The standard InChI is InChI=1S/C16H21N3/c1-2-12-9-14(13-3-4-13)10-16(15(12)11-17)19-7-5-18-6-8-19/h9-10,13,18H,2-8H2,1H3. The van der Waals surface area contributed by atoms with Gasteiger partial charge in [-0.05, 0) is 42.4 Å². The van der Waals surface area contributed by atoms with Crippen molar-refractivity contribution in [2.45, 2.75) is 32.1 Å². The van der Waals surface area contributed by atoms with E-state index >= 15 is 0 Å². The van der Waals surface area contributed by atoms with Crippen molar-refractivity contribution < 1.29 is 0 Å². The Balaban J connectivity index is 2.03. The number of piperazine rings is 1. The highest BCUT2D eigenvalue weighted by Crippen LogP contribution is 2.42. The monoisotopic (exact) mass is 255 g/mol. The van der Waals surface area contributed by atoms with E-state index in [1.54, 1.807) is 0 Å². The zero-order valence-corrected chi connectivity index (χ0v) is 11.6. The number of hydrogen-bond acceptors (Lipinski definition) is 3. The molecule has 3 nitrogen and oxygen atoms in total. The maximum absolute atomic E-state index is 9.51. The van der Waals surface area contributed by atoms with Crippen LogP contribution in [0.5, 0.6) is 0 Å². The molecular weight excluding hydrogens is 234 g/mol. The molecule has 1 aromatic carbocycles.